The molecule has 0 aliphatic carbocycles. The Balaban J connectivity index is 2.09. The summed E-state index contributed by atoms with van der Waals surface area (Å²) in [5.41, 5.74) is 2.48. The average molecular weight is 242 g/mol. The van der Waals surface area contributed by atoms with E-state index in [1.807, 2.05) is 18.3 Å². The quantitative estimate of drug-likeness (QED) is 0.879. The topological polar surface area (TPSA) is 34.1 Å². The van der Waals surface area contributed by atoms with Crippen LogP contribution in [-0.2, 0) is 0 Å². The molecule has 1 N–H and O–H groups in total. The van der Waals surface area contributed by atoms with Crippen LogP contribution in [0.2, 0.25) is 0 Å². The maximum absolute atomic E-state index is 5.32. The molecule has 94 valence electrons. The number of rotatable bonds is 2. The summed E-state index contributed by atoms with van der Waals surface area (Å²) < 4.78 is 5.32. The monoisotopic (exact) mass is 242 g/mol. The van der Waals surface area contributed by atoms with Crippen LogP contribution in [0.3, 0.4) is 0 Å². The SMILES string of the molecule is COc1ccc2nccc(C3CCNCC3)c2c1. The Morgan fingerprint density at radius 2 is 2.06 bits per heavy atom. The molecular formula is C15H18N2O. The van der Waals surface area contributed by atoms with Crippen LogP contribution in [0.1, 0.15) is 24.3 Å². The lowest BCUT2D eigenvalue weighted by Gasteiger charge is -2.24. The van der Waals surface area contributed by atoms with Gasteiger partial charge in [0.1, 0.15) is 5.75 Å². The average Bonchev–Trinajstić information content (AvgIpc) is 2.47. The summed E-state index contributed by atoms with van der Waals surface area (Å²) in [6.45, 7) is 2.22. The number of hydrogen-bond donors (Lipinski definition) is 1. The third kappa shape index (κ3) is 2.06. The maximum atomic E-state index is 5.32. The predicted octanol–water partition coefficient (Wildman–Crippen LogP) is 2.71. The van der Waals surface area contributed by atoms with E-state index in [0.29, 0.717) is 5.92 Å². The van der Waals surface area contributed by atoms with Gasteiger partial charge < -0.3 is 10.1 Å². The van der Waals surface area contributed by atoms with E-state index >= 15 is 0 Å². The van der Waals surface area contributed by atoms with Gasteiger partial charge in [-0.1, -0.05) is 0 Å². The van der Waals surface area contributed by atoms with Crippen molar-refractivity contribution in [3.8, 4) is 5.75 Å². The summed E-state index contributed by atoms with van der Waals surface area (Å²) >= 11 is 0. The zero-order valence-electron chi connectivity index (χ0n) is 10.6. The van der Waals surface area contributed by atoms with Crippen molar-refractivity contribution in [2.75, 3.05) is 20.2 Å². The van der Waals surface area contributed by atoms with Gasteiger partial charge in [-0.05, 0) is 61.7 Å². The highest BCUT2D eigenvalue weighted by atomic mass is 16.5. The largest absolute Gasteiger partial charge is 0.497 e. The number of aromatic nitrogens is 1. The second-order valence-corrected chi connectivity index (χ2v) is 4.81. The van der Waals surface area contributed by atoms with E-state index in [2.05, 4.69) is 22.4 Å². The van der Waals surface area contributed by atoms with E-state index < -0.39 is 0 Å². The molecule has 0 saturated carbocycles. The van der Waals surface area contributed by atoms with Crippen LogP contribution in [0.5, 0.6) is 5.75 Å². The van der Waals surface area contributed by atoms with Crippen molar-refractivity contribution < 1.29 is 4.74 Å². The van der Waals surface area contributed by atoms with Gasteiger partial charge in [-0.2, -0.15) is 0 Å². The molecule has 1 saturated heterocycles. The Bertz CT molecular complexity index is 547. The lowest BCUT2D eigenvalue weighted by Crippen LogP contribution is -2.26. The van der Waals surface area contributed by atoms with Crippen molar-refractivity contribution >= 4 is 10.9 Å². The number of benzene rings is 1. The van der Waals surface area contributed by atoms with E-state index in [1.165, 1.54) is 23.8 Å². The van der Waals surface area contributed by atoms with E-state index in [1.54, 1.807) is 7.11 Å². The molecule has 0 radical (unpaired) electrons. The third-order valence-corrected chi connectivity index (χ3v) is 3.76. The standard InChI is InChI=1S/C15H18N2O/c1-18-12-2-3-15-14(10-12)13(6-9-17-15)11-4-7-16-8-5-11/h2-3,6,9-11,16H,4-5,7-8H2,1H3. The van der Waals surface area contributed by atoms with Gasteiger partial charge in [-0.3, -0.25) is 4.98 Å². The van der Waals surface area contributed by atoms with E-state index in [9.17, 15) is 0 Å². The lowest BCUT2D eigenvalue weighted by atomic mass is 9.88. The molecule has 3 heteroatoms. The van der Waals surface area contributed by atoms with Gasteiger partial charge in [0, 0.05) is 11.6 Å². The van der Waals surface area contributed by atoms with Crippen molar-refractivity contribution in [1.82, 2.24) is 10.3 Å². The normalized spacial score (nSPS) is 16.9. The predicted molar refractivity (Wildman–Crippen MR) is 73.1 cm³/mol. The molecule has 0 bridgehead atoms. The minimum absolute atomic E-state index is 0.642. The molecular weight excluding hydrogens is 224 g/mol. The Labute approximate surface area is 107 Å². The number of nitrogens with one attached hydrogen (secondary N) is 1. The van der Waals surface area contributed by atoms with Crippen LogP contribution in [0.15, 0.2) is 30.5 Å². The molecule has 1 aromatic heterocycles. The van der Waals surface area contributed by atoms with Crippen molar-refractivity contribution in [2.24, 2.45) is 0 Å². The first kappa shape index (κ1) is 11.5. The highest BCUT2D eigenvalue weighted by molar-refractivity contribution is 5.84. The highest BCUT2D eigenvalue weighted by Crippen LogP contribution is 2.32. The van der Waals surface area contributed by atoms with Crippen molar-refractivity contribution in [2.45, 2.75) is 18.8 Å². The first-order valence-corrected chi connectivity index (χ1v) is 6.52. The number of piperidine rings is 1. The van der Waals surface area contributed by atoms with Gasteiger partial charge in [0.15, 0.2) is 0 Å². The van der Waals surface area contributed by atoms with Crippen molar-refractivity contribution in [1.29, 1.82) is 0 Å². The molecule has 2 heterocycles. The molecule has 3 rings (SSSR count). The van der Waals surface area contributed by atoms with E-state index in [4.69, 9.17) is 4.74 Å². The second-order valence-electron chi connectivity index (χ2n) is 4.81. The first-order chi connectivity index (χ1) is 8.88. The van der Waals surface area contributed by atoms with Gasteiger partial charge in [0.05, 0.1) is 12.6 Å². The van der Waals surface area contributed by atoms with Gasteiger partial charge in [-0.15, -0.1) is 0 Å². The van der Waals surface area contributed by atoms with Gasteiger partial charge in [-0.25, -0.2) is 0 Å². The number of ether oxygens (including phenoxy) is 1. The highest BCUT2D eigenvalue weighted by Gasteiger charge is 2.17. The second kappa shape index (κ2) is 4.94. The van der Waals surface area contributed by atoms with Crippen LogP contribution in [0.25, 0.3) is 10.9 Å². The van der Waals surface area contributed by atoms with Crippen LogP contribution in [0.4, 0.5) is 0 Å². The Morgan fingerprint density at radius 1 is 1.22 bits per heavy atom. The molecule has 0 spiro atoms. The van der Waals surface area contributed by atoms with Gasteiger partial charge >= 0.3 is 0 Å². The van der Waals surface area contributed by atoms with Gasteiger partial charge in [0.25, 0.3) is 0 Å². The smallest absolute Gasteiger partial charge is 0.119 e. The molecule has 2 aromatic rings. The Kier molecular flexibility index (Phi) is 3.15. The molecule has 3 nitrogen and oxygen atoms in total. The van der Waals surface area contributed by atoms with E-state index in [0.717, 1.165) is 24.4 Å². The fourth-order valence-corrected chi connectivity index (χ4v) is 2.76. The number of methoxy groups -OCH3 is 1. The summed E-state index contributed by atoms with van der Waals surface area (Å²) in [6.07, 6.45) is 4.33. The Hall–Kier alpha value is -1.61. The molecule has 0 atom stereocenters. The molecule has 1 aliphatic rings. The van der Waals surface area contributed by atoms with Crippen molar-refractivity contribution in [3.05, 3.63) is 36.0 Å². The number of nitrogens with zero attached hydrogens (tertiary/aromatic N) is 1. The Morgan fingerprint density at radius 3 is 2.83 bits per heavy atom. The van der Waals surface area contributed by atoms with Crippen LogP contribution < -0.4 is 10.1 Å². The molecule has 1 aliphatic heterocycles. The van der Waals surface area contributed by atoms with Crippen LogP contribution in [0, 0.1) is 0 Å². The van der Waals surface area contributed by atoms with Gasteiger partial charge in [0.2, 0.25) is 0 Å². The summed E-state index contributed by atoms with van der Waals surface area (Å²) in [7, 11) is 1.71. The third-order valence-electron chi connectivity index (χ3n) is 3.76. The zero-order valence-corrected chi connectivity index (χ0v) is 10.6. The fraction of sp³-hybridized carbons (Fsp3) is 0.400. The number of pyridine rings is 1. The summed E-state index contributed by atoms with van der Waals surface area (Å²) in [5, 5.41) is 4.65. The minimum Gasteiger partial charge on any atom is -0.497 e. The summed E-state index contributed by atoms with van der Waals surface area (Å²) in [5.74, 6) is 1.55. The van der Waals surface area contributed by atoms with E-state index in [-0.39, 0.29) is 0 Å². The number of hydrogen-bond acceptors (Lipinski definition) is 3. The van der Waals surface area contributed by atoms with Crippen LogP contribution >= 0.6 is 0 Å². The fourth-order valence-electron chi connectivity index (χ4n) is 2.76. The number of fused-ring (bicyclic) bond motifs is 1. The van der Waals surface area contributed by atoms with Crippen molar-refractivity contribution in [3.63, 3.8) is 0 Å². The molecule has 1 fully saturated rings. The van der Waals surface area contributed by atoms with Crippen LogP contribution in [-0.4, -0.2) is 25.2 Å². The molecule has 1 aromatic carbocycles. The first-order valence-electron chi connectivity index (χ1n) is 6.52. The summed E-state index contributed by atoms with van der Waals surface area (Å²) in [6, 6.07) is 8.29. The minimum atomic E-state index is 0.642. The summed E-state index contributed by atoms with van der Waals surface area (Å²) in [4.78, 5) is 4.44. The molecule has 0 amide bonds. The maximum Gasteiger partial charge on any atom is 0.119 e. The lowest BCUT2D eigenvalue weighted by molar-refractivity contribution is 0.415. The molecule has 0 unspecified atom stereocenters. The molecule has 18 heavy (non-hydrogen) atoms. The zero-order chi connectivity index (χ0) is 12.4.